The molecule has 2 rings (SSSR count). The van der Waals surface area contributed by atoms with Crippen molar-refractivity contribution in [3.8, 4) is 0 Å². The quantitative estimate of drug-likeness (QED) is 0.817. The van der Waals surface area contributed by atoms with Gasteiger partial charge in [0.1, 0.15) is 5.01 Å². The van der Waals surface area contributed by atoms with E-state index in [9.17, 15) is 8.42 Å². The molecule has 0 fully saturated rings. The maximum absolute atomic E-state index is 12.2. The van der Waals surface area contributed by atoms with Crippen molar-refractivity contribution >= 4 is 21.4 Å². The highest BCUT2D eigenvalue weighted by Crippen LogP contribution is 2.12. The molecular weight excluding hydrogens is 294 g/mol. The van der Waals surface area contributed by atoms with Crippen molar-refractivity contribution in [3.63, 3.8) is 0 Å². The first-order valence-corrected chi connectivity index (χ1v) is 8.66. The third-order valence-corrected chi connectivity index (χ3v) is 4.86. The predicted octanol–water partition coefficient (Wildman–Crippen LogP) is 1.73. The zero-order chi connectivity index (χ0) is 14.4. The minimum Gasteiger partial charge on any atom is -0.313 e. The molecule has 7 heteroatoms. The number of rotatable bonds is 7. The molecule has 2 N–H and O–H groups in total. The van der Waals surface area contributed by atoms with Gasteiger partial charge in [-0.15, -0.1) is 11.3 Å². The average molecular weight is 311 g/mol. The zero-order valence-electron chi connectivity index (χ0n) is 11.2. The summed E-state index contributed by atoms with van der Waals surface area (Å²) < 4.78 is 27.0. The first-order valence-electron chi connectivity index (χ1n) is 6.29. The smallest absolute Gasteiger partial charge is 0.240 e. The SMILES string of the molecule is CCNCc1cccc(S(=O)(=O)NCc2nccs2)c1. The van der Waals surface area contributed by atoms with Crippen LogP contribution in [0.15, 0.2) is 40.7 Å². The Morgan fingerprint density at radius 3 is 2.85 bits per heavy atom. The monoisotopic (exact) mass is 311 g/mol. The second-order valence-corrected chi connectivity index (χ2v) is 6.92. The molecule has 0 aliphatic rings. The molecule has 0 atom stereocenters. The molecule has 0 saturated carbocycles. The lowest BCUT2D eigenvalue weighted by molar-refractivity contribution is 0.581. The third kappa shape index (κ3) is 4.11. The van der Waals surface area contributed by atoms with E-state index in [0.717, 1.165) is 17.1 Å². The average Bonchev–Trinajstić information content (AvgIpc) is 2.97. The van der Waals surface area contributed by atoms with Gasteiger partial charge in [-0.25, -0.2) is 18.1 Å². The van der Waals surface area contributed by atoms with Crippen LogP contribution in [0, 0.1) is 0 Å². The number of thiazole rings is 1. The van der Waals surface area contributed by atoms with Crippen molar-refractivity contribution in [2.24, 2.45) is 0 Å². The summed E-state index contributed by atoms with van der Waals surface area (Å²) in [7, 11) is -3.50. The molecule has 1 aromatic carbocycles. The standard InChI is InChI=1S/C13H17N3O2S2/c1-2-14-9-11-4-3-5-12(8-11)20(17,18)16-10-13-15-6-7-19-13/h3-8,14,16H,2,9-10H2,1H3. The van der Waals surface area contributed by atoms with E-state index in [1.165, 1.54) is 11.3 Å². The van der Waals surface area contributed by atoms with Gasteiger partial charge in [-0.2, -0.15) is 0 Å². The molecule has 2 aromatic rings. The van der Waals surface area contributed by atoms with E-state index in [0.29, 0.717) is 6.54 Å². The van der Waals surface area contributed by atoms with Crippen molar-refractivity contribution in [2.45, 2.75) is 24.9 Å². The molecule has 0 aliphatic heterocycles. The van der Waals surface area contributed by atoms with Crippen LogP contribution < -0.4 is 10.0 Å². The number of nitrogens with zero attached hydrogens (tertiary/aromatic N) is 1. The maximum atomic E-state index is 12.2. The van der Waals surface area contributed by atoms with Crippen LogP contribution in [0.5, 0.6) is 0 Å². The number of hydrogen-bond donors (Lipinski definition) is 2. The lowest BCUT2D eigenvalue weighted by Gasteiger charge is -2.08. The van der Waals surface area contributed by atoms with Gasteiger partial charge in [0, 0.05) is 18.1 Å². The fraction of sp³-hybridized carbons (Fsp3) is 0.308. The first kappa shape index (κ1) is 15.1. The van der Waals surface area contributed by atoms with Crippen LogP contribution in [0.25, 0.3) is 0 Å². The summed E-state index contributed by atoms with van der Waals surface area (Å²) in [6.07, 6.45) is 1.66. The van der Waals surface area contributed by atoms with E-state index in [1.807, 2.05) is 18.4 Å². The molecule has 0 bridgehead atoms. The number of sulfonamides is 1. The van der Waals surface area contributed by atoms with E-state index in [-0.39, 0.29) is 11.4 Å². The number of aromatic nitrogens is 1. The van der Waals surface area contributed by atoms with Gasteiger partial charge in [-0.3, -0.25) is 0 Å². The van der Waals surface area contributed by atoms with Gasteiger partial charge in [0.25, 0.3) is 0 Å². The van der Waals surface area contributed by atoms with Crippen LogP contribution in [0.1, 0.15) is 17.5 Å². The Hall–Kier alpha value is -1.28. The molecule has 1 aromatic heterocycles. The van der Waals surface area contributed by atoms with E-state index < -0.39 is 10.0 Å². The Bertz CT molecular complexity index is 639. The highest BCUT2D eigenvalue weighted by Gasteiger charge is 2.14. The van der Waals surface area contributed by atoms with Gasteiger partial charge in [0.05, 0.1) is 11.4 Å². The van der Waals surface area contributed by atoms with Crippen LogP contribution in [0.2, 0.25) is 0 Å². The van der Waals surface area contributed by atoms with E-state index in [4.69, 9.17) is 0 Å². The van der Waals surface area contributed by atoms with E-state index >= 15 is 0 Å². The number of nitrogens with one attached hydrogen (secondary N) is 2. The van der Waals surface area contributed by atoms with Gasteiger partial charge >= 0.3 is 0 Å². The second-order valence-electron chi connectivity index (χ2n) is 4.18. The lowest BCUT2D eigenvalue weighted by Crippen LogP contribution is -2.23. The summed E-state index contributed by atoms with van der Waals surface area (Å²) in [5.41, 5.74) is 0.948. The molecule has 0 aliphatic carbocycles. The maximum Gasteiger partial charge on any atom is 0.240 e. The fourth-order valence-corrected chi connectivity index (χ4v) is 3.38. The van der Waals surface area contributed by atoms with Crippen molar-refractivity contribution in [1.29, 1.82) is 0 Å². The molecule has 108 valence electrons. The van der Waals surface area contributed by atoms with Gasteiger partial charge in [0.15, 0.2) is 0 Å². The lowest BCUT2D eigenvalue weighted by atomic mass is 10.2. The van der Waals surface area contributed by atoms with E-state index in [1.54, 1.807) is 24.4 Å². The molecule has 0 saturated heterocycles. The largest absolute Gasteiger partial charge is 0.313 e. The Labute approximate surface area is 123 Å². The first-order chi connectivity index (χ1) is 9.62. The highest BCUT2D eigenvalue weighted by molar-refractivity contribution is 7.89. The summed E-state index contributed by atoms with van der Waals surface area (Å²) >= 11 is 1.43. The van der Waals surface area contributed by atoms with Gasteiger partial charge < -0.3 is 5.32 Å². The normalized spacial score (nSPS) is 11.7. The number of hydrogen-bond acceptors (Lipinski definition) is 5. The summed E-state index contributed by atoms with van der Waals surface area (Å²) in [5.74, 6) is 0. The van der Waals surface area contributed by atoms with Crippen molar-refractivity contribution in [3.05, 3.63) is 46.4 Å². The second kappa shape index (κ2) is 6.94. The summed E-state index contributed by atoms with van der Waals surface area (Å²) in [5, 5.41) is 5.74. The molecule has 0 unspecified atom stereocenters. The fourth-order valence-electron chi connectivity index (χ4n) is 1.67. The van der Waals surface area contributed by atoms with E-state index in [2.05, 4.69) is 15.0 Å². The Kier molecular flexibility index (Phi) is 5.24. The van der Waals surface area contributed by atoms with Crippen LogP contribution in [-0.2, 0) is 23.1 Å². The molecular formula is C13H17N3O2S2. The Morgan fingerprint density at radius 2 is 2.15 bits per heavy atom. The third-order valence-electron chi connectivity index (χ3n) is 2.68. The highest BCUT2D eigenvalue weighted by atomic mass is 32.2. The predicted molar refractivity (Wildman–Crippen MR) is 80.0 cm³/mol. The van der Waals surface area contributed by atoms with Crippen LogP contribution in [0.4, 0.5) is 0 Å². The summed E-state index contributed by atoms with van der Waals surface area (Å²) in [4.78, 5) is 4.33. The molecule has 0 amide bonds. The molecule has 0 spiro atoms. The topological polar surface area (TPSA) is 71.1 Å². The van der Waals surface area contributed by atoms with Crippen LogP contribution >= 0.6 is 11.3 Å². The van der Waals surface area contributed by atoms with Crippen LogP contribution in [-0.4, -0.2) is 19.9 Å². The van der Waals surface area contributed by atoms with Gasteiger partial charge in [0.2, 0.25) is 10.0 Å². The molecule has 1 heterocycles. The molecule has 5 nitrogen and oxygen atoms in total. The summed E-state index contributed by atoms with van der Waals surface area (Å²) in [6.45, 7) is 3.74. The van der Waals surface area contributed by atoms with Crippen LogP contribution in [0.3, 0.4) is 0 Å². The van der Waals surface area contributed by atoms with Crippen molar-refractivity contribution in [1.82, 2.24) is 15.0 Å². The number of benzene rings is 1. The Balaban J connectivity index is 2.08. The minimum absolute atomic E-state index is 0.220. The van der Waals surface area contributed by atoms with Gasteiger partial charge in [-0.05, 0) is 24.2 Å². The van der Waals surface area contributed by atoms with Crippen molar-refractivity contribution in [2.75, 3.05) is 6.54 Å². The molecule has 20 heavy (non-hydrogen) atoms. The minimum atomic E-state index is -3.50. The molecule has 0 radical (unpaired) electrons. The summed E-state index contributed by atoms with van der Waals surface area (Å²) in [6, 6.07) is 6.94. The zero-order valence-corrected chi connectivity index (χ0v) is 12.8. The Morgan fingerprint density at radius 1 is 1.30 bits per heavy atom. The van der Waals surface area contributed by atoms with Crippen molar-refractivity contribution < 1.29 is 8.42 Å². The van der Waals surface area contributed by atoms with Gasteiger partial charge in [-0.1, -0.05) is 19.1 Å².